The summed E-state index contributed by atoms with van der Waals surface area (Å²) in [5, 5.41) is 0. The van der Waals surface area contributed by atoms with E-state index in [2.05, 4.69) is 19.0 Å². The van der Waals surface area contributed by atoms with Crippen LogP contribution in [0.2, 0.25) is 0 Å². The zero-order valence-electron chi connectivity index (χ0n) is 13.7. The highest BCUT2D eigenvalue weighted by Crippen LogP contribution is 2.42. The van der Waals surface area contributed by atoms with Crippen molar-refractivity contribution in [2.24, 2.45) is 11.8 Å². The van der Waals surface area contributed by atoms with Crippen molar-refractivity contribution in [1.82, 2.24) is 14.4 Å². The smallest absolute Gasteiger partial charge is 0.254 e. The summed E-state index contributed by atoms with van der Waals surface area (Å²) < 4.78 is 1.61. The van der Waals surface area contributed by atoms with Crippen LogP contribution in [0.5, 0.6) is 0 Å². The summed E-state index contributed by atoms with van der Waals surface area (Å²) in [5.74, 6) is 1.35. The van der Waals surface area contributed by atoms with Crippen LogP contribution in [0.15, 0.2) is 23.1 Å². The van der Waals surface area contributed by atoms with Crippen LogP contribution in [0.1, 0.15) is 30.1 Å². The van der Waals surface area contributed by atoms with Gasteiger partial charge in [-0.15, -0.1) is 0 Å². The standard InChI is InChI=1S/C17H25N3O2/c1-4-19-8-7-13(9-16(19)21)17(22)20-10-14(12-5-6-12)15(11-20)18(2)3/h7-9,12,14-15H,4-6,10-11H2,1-3H3/t14-,15+/m1/s1. The number of hydrogen-bond acceptors (Lipinski definition) is 3. The highest BCUT2D eigenvalue weighted by atomic mass is 16.2. The van der Waals surface area contributed by atoms with Crippen LogP contribution in [-0.2, 0) is 6.54 Å². The van der Waals surface area contributed by atoms with Gasteiger partial charge in [0, 0.05) is 43.5 Å². The summed E-state index contributed by atoms with van der Waals surface area (Å²) in [6.07, 6.45) is 4.31. The normalized spacial score (nSPS) is 25.0. The summed E-state index contributed by atoms with van der Waals surface area (Å²) in [7, 11) is 4.19. The predicted octanol–water partition coefficient (Wildman–Crippen LogP) is 1.28. The molecule has 3 rings (SSSR count). The van der Waals surface area contributed by atoms with Crippen LogP contribution in [-0.4, -0.2) is 53.5 Å². The highest BCUT2D eigenvalue weighted by Gasteiger charge is 2.44. The van der Waals surface area contributed by atoms with Gasteiger partial charge in [-0.3, -0.25) is 9.59 Å². The van der Waals surface area contributed by atoms with E-state index in [-0.39, 0.29) is 11.5 Å². The van der Waals surface area contributed by atoms with Gasteiger partial charge in [-0.25, -0.2) is 0 Å². The van der Waals surface area contributed by atoms with Crippen molar-refractivity contribution in [2.45, 2.75) is 32.4 Å². The molecule has 2 atom stereocenters. The van der Waals surface area contributed by atoms with Gasteiger partial charge in [-0.2, -0.15) is 0 Å². The Morgan fingerprint density at radius 3 is 2.59 bits per heavy atom. The maximum Gasteiger partial charge on any atom is 0.254 e. The molecule has 0 unspecified atom stereocenters. The molecular weight excluding hydrogens is 278 g/mol. The molecule has 1 aliphatic heterocycles. The number of hydrogen-bond donors (Lipinski definition) is 0. The van der Waals surface area contributed by atoms with Gasteiger partial charge in [-0.05, 0) is 51.8 Å². The molecule has 22 heavy (non-hydrogen) atoms. The van der Waals surface area contributed by atoms with Gasteiger partial charge in [0.05, 0.1) is 0 Å². The molecule has 0 bridgehead atoms. The van der Waals surface area contributed by atoms with E-state index in [0.717, 1.165) is 19.0 Å². The number of amides is 1. The average molecular weight is 303 g/mol. The molecule has 1 aliphatic carbocycles. The van der Waals surface area contributed by atoms with Crippen molar-refractivity contribution in [2.75, 3.05) is 27.2 Å². The topological polar surface area (TPSA) is 45.6 Å². The van der Waals surface area contributed by atoms with E-state index >= 15 is 0 Å². The molecule has 1 aromatic rings. The maximum atomic E-state index is 12.7. The molecule has 5 heteroatoms. The van der Waals surface area contributed by atoms with Crippen molar-refractivity contribution < 1.29 is 4.79 Å². The van der Waals surface area contributed by atoms with Crippen LogP contribution in [0.4, 0.5) is 0 Å². The van der Waals surface area contributed by atoms with E-state index in [9.17, 15) is 9.59 Å². The van der Waals surface area contributed by atoms with Crippen molar-refractivity contribution >= 4 is 5.91 Å². The van der Waals surface area contributed by atoms with E-state index in [1.54, 1.807) is 16.8 Å². The summed E-state index contributed by atoms with van der Waals surface area (Å²) in [6, 6.07) is 3.68. The lowest BCUT2D eigenvalue weighted by Crippen LogP contribution is -2.37. The fourth-order valence-electron chi connectivity index (χ4n) is 3.60. The molecule has 2 aliphatic rings. The van der Waals surface area contributed by atoms with E-state index < -0.39 is 0 Å². The lowest BCUT2D eigenvalue weighted by atomic mass is 9.97. The second-order valence-corrected chi connectivity index (χ2v) is 6.78. The van der Waals surface area contributed by atoms with Crippen LogP contribution in [0.25, 0.3) is 0 Å². The number of aryl methyl sites for hydroxylation is 1. The van der Waals surface area contributed by atoms with Gasteiger partial charge in [-0.1, -0.05) is 0 Å². The molecular formula is C17H25N3O2. The van der Waals surface area contributed by atoms with Crippen molar-refractivity contribution in [3.63, 3.8) is 0 Å². The first-order chi connectivity index (χ1) is 10.5. The molecule has 1 saturated heterocycles. The number of rotatable bonds is 4. The van der Waals surface area contributed by atoms with E-state index in [0.29, 0.717) is 24.1 Å². The average Bonchev–Trinajstić information content (AvgIpc) is 3.24. The summed E-state index contributed by atoms with van der Waals surface area (Å²) in [5.41, 5.74) is 0.416. The summed E-state index contributed by atoms with van der Waals surface area (Å²) >= 11 is 0. The van der Waals surface area contributed by atoms with Gasteiger partial charge < -0.3 is 14.4 Å². The minimum absolute atomic E-state index is 0.00430. The third-order valence-corrected chi connectivity index (χ3v) is 5.09. The van der Waals surface area contributed by atoms with E-state index in [1.165, 1.54) is 18.9 Å². The Labute approximate surface area is 131 Å². The quantitative estimate of drug-likeness (QED) is 0.842. The zero-order chi connectivity index (χ0) is 15.9. The Balaban J connectivity index is 1.78. The highest BCUT2D eigenvalue weighted by molar-refractivity contribution is 5.94. The van der Waals surface area contributed by atoms with Crippen molar-refractivity contribution in [1.29, 1.82) is 0 Å². The number of nitrogens with zero attached hydrogens (tertiary/aromatic N) is 3. The Morgan fingerprint density at radius 2 is 2.05 bits per heavy atom. The number of likely N-dealkylation sites (tertiary alicyclic amines) is 1. The van der Waals surface area contributed by atoms with Gasteiger partial charge in [0.2, 0.25) is 0 Å². The number of carbonyl (C=O) groups is 1. The van der Waals surface area contributed by atoms with Crippen LogP contribution in [0.3, 0.4) is 0 Å². The first-order valence-electron chi connectivity index (χ1n) is 8.17. The number of carbonyl (C=O) groups excluding carboxylic acids is 1. The molecule has 0 radical (unpaired) electrons. The van der Waals surface area contributed by atoms with Gasteiger partial charge >= 0.3 is 0 Å². The lowest BCUT2D eigenvalue weighted by Gasteiger charge is -2.24. The number of pyridine rings is 1. The molecule has 2 heterocycles. The largest absolute Gasteiger partial charge is 0.337 e. The molecule has 1 amide bonds. The van der Waals surface area contributed by atoms with Crippen molar-refractivity contribution in [3.05, 3.63) is 34.2 Å². The molecule has 0 aromatic carbocycles. The van der Waals surface area contributed by atoms with E-state index in [1.807, 2.05) is 11.8 Å². The molecule has 0 spiro atoms. The molecule has 120 valence electrons. The number of aromatic nitrogens is 1. The third-order valence-electron chi connectivity index (χ3n) is 5.09. The fourth-order valence-corrected chi connectivity index (χ4v) is 3.60. The Hall–Kier alpha value is -1.62. The van der Waals surface area contributed by atoms with Crippen LogP contribution in [0, 0.1) is 11.8 Å². The second-order valence-electron chi connectivity index (χ2n) is 6.78. The molecule has 1 saturated carbocycles. The Bertz CT molecular complexity index is 609. The number of likely N-dealkylation sites (N-methyl/N-ethyl adjacent to an activating group) is 1. The van der Waals surface area contributed by atoms with Gasteiger partial charge in [0.15, 0.2) is 0 Å². The summed E-state index contributed by atoms with van der Waals surface area (Å²) in [6.45, 7) is 4.14. The van der Waals surface area contributed by atoms with Crippen LogP contribution < -0.4 is 5.56 Å². The second kappa shape index (κ2) is 5.88. The minimum atomic E-state index is -0.101. The minimum Gasteiger partial charge on any atom is -0.337 e. The first-order valence-corrected chi connectivity index (χ1v) is 8.17. The fraction of sp³-hybridized carbons (Fsp3) is 0.647. The Kier molecular flexibility index (Phi) is 4.08. The predicted molar refractivity (Wildman–Crippen MR) is 86.0 cm³/mol. The molecule has 0 N–H and O–H groups in total. The first kappa shape index (κ1) is 15.3. The maximum absolute atomic E-state index is 12.7. The van der Waals surface area contributed by atoms with Crippen molar-refractivity contribution in [3.8, 4) is 0 Å². The SMILES string of the molecule is CCn1ccc(C(=O)N2C[C@H](C3CC3)[C@@H](N(C)C)C2)cc1=O. The summed E-state index contributed by atoms with van der Waals surface area (Å²) in [4.78, 5) is 28.8. The third kappa shape index (κ3) is 2.82. The Morgan fingerprint density at radius 1 is 1.32 bits per heavy atom. The molecule has 1 aromatic heterocycles. The van der Waals surface area contributed by atoms with Crippen LogP contribution >= 0.6 is 0 Å². The molecule has 5 nitrogen and oxygen atoms in total. The monoisotopic (exact) mass is 303 g/mol. The zero-order valence-corrected chi connectivity index (χ0v) is 13.7. The lowest BCUT2D eigenvalue weighted by molar-refractivity contribution is 0.0780. The molecule has 2 fully saturated rings. The van der Waals surface area contributed by atoms with Gasteiger partial charge in [0.25, 0.3) is 11.5 Å². The van der Waals surface area contributed by atoms with E-state index in [4.69, 9.17) is 0 Å². The van der Waals surface area contributed by atoms with Gasteiger partial charge in [0.1, 0.15) is 0 Å².